The largest absolute Gasteiger partial charge is 0.477 e. The van der Waals surface area contributed by atoms with Crippen LogP contribution >= 0.6 is 11.3 Å². The van der Waals surface area contributed by atoms with E-state index < -0.39 is 18.2 Å². The smallest absolute Gasteiger partial charge is 0.347 e. The van der Waals surface area contributed by atoms with E-state index in [0.29, 0.717) is 5.69 Å². The molecule has 0 fully saturated rings. The van der Waals surface area contributed by atoms with E-state index in [0.717, 1.165) is 11.3 Å². The number of rotatable bonds is 5. The Morgan fingerprint density at radius 1 is 1.56 bits per heavy atom. The van der Waals surface area contributed by atoms with Gasteiger partial charge in [0.05, 0.1) is 11.8 Å². The van der Waals surface area contributed by atoms with Crippen molar-refractivity contribution in [3.63, 3.8) is 0 Å². The molecule has 0 aliphatic heterocycles. The van der Waals surface area contributed by atoms with Gasteiger partial charge < -0.3 is 21.1 Å². The summed E-state index contributed by atoms with van der Waals surface area (Å²) in [7, 11) is 0. The lowest BCUT2D eigenvalue weighted by atomic mass is 10.1. The van der Waals surface area contributed by atoms with Gasteiger partial charge in [-0.3, -0.25) is 0 Å². The minimum atomic E-state index is -1.18. The van der Waals surface area contributed by atoms with E-state index in [4.69, 9.17) is 10.8 Å². The number of thiazole rings is 1. The summed E-state index contributed by atoms with van der Waals surface area (Å²) in [5, 5.41) is 28.2. The van der Waals surface area contributed by atoms with Gasteiger partial charge >= 0.3 is 5.97 Å². The molecule has 1 heterocycles. The van der Waals surface area contributed by atoms with Crippen LogP contribution in [0.2, 0.25) is 0 Å². The molecule has 2 atom stereocenters. The summed E-state index contributed by atoms with van der Waals surface area (Å²) in [6.45, 7) is 1.79. The molecule has 0 saturated heterocycles. The summed E-state index contributed by atoms with van der Waals surface area (Å²) in [4.78, 5) is 14.8. The molecule has 0 aliphatic rings. The quantitative estimate of drug-likeness (QED) is 0.576. The Balaban J connectivity index is 2.88. The third kappa shape index (κ3) is 2.76. The van der Waals surface area contributed by atoms with Crippen LogP contribution < -0.4 is 5.73 Å². The number of carboxylic acid groups (broad SMARTS) is 1. The lowest BCUT2D eigenvalue weighted by Crippen LogP contribution is -2.21. The van der Waals surface area contributed by atoms with Crippen LogP contribution in [0.15, 0.2) is 0 Å². The van der Waals surface area contributed by atoms with E-state index in [-0.39, 0.29) is 22.9 Å². The number of aliphatic hydroxyl groups is 2. The van der Waals surface area contributed by atoms with E-state index in [2.05, 4.69) is 4.98 Å². The Hall–Kier alpha value is -1.02. The molecule has 0 bridgehead atoms. The Kier molecular flexibility index (Phi) is 4.36. The second-order valence-electron chi connectivity index (χ2n) is 3.36. The molecule has 0 aliphatic carbocycles. The molecule has 2 unspecified atom stereocenters. The van der Waals surface area contributed by atoms with E-state index in [1.807, 2.05) is 0 Å². The number of aryl methyl sites for hydroxylation is 1. The van der Waals surface area contributed by atoms with Crippen molar-refractivity contribution in [3.05, 3.63) is 15.6 Å². The van der Waals surface area contributed by atoms with E-state index in [9.17, 15) is 15.0 Å². The molecule has 90 valence electrons. The lowest BCUT2D eigenvalue weighted by molar-refractivity contribution is 0.0148. The molecule has 6 nitrogen and oxygen atoms in total. The summed E-state index contributed by atoms with van der Waals surface area (Å²) < 4.78 is 0. The van der Waals surface area contributed by atoms with Gasteiger partial charge in [-0.1, -0.05) is 0 Å². The second-order valence-corrected chi connectivity index (χ2v) is 4.39. The molecular weight excluding hydrogens is 232 g/mol. The standard InChI is InChI=1S/C9H14N2O4S/c1-4-7(9(14)15)16-8(11-4)6(13)5(12)2-3-10/h5-6,12-13H,2-3,10H2,1H3,(H,14,15). The molecule has 1 aromatic rings. The topological polar surface area (TPSA) is 117 Å². The summed E-state index contributed by atoms with van der Waals surface area (Å²) >= 11 is 0.868. The van der Waals surface area contributed by atoms with Crippen molar-refractivity contribution in [1.82, 2.24) is 4.98 Å². The SMILES string of the molecule is Cc1nc(C(O)C(O)CCN)sc1C(=O)O. The predicted octanol–water partition coefficient (Wildman–Crippen LogP) is -0.107. The first kappa shape index (κ1) is 13.0. The number of aromatic nitrogens is 1. The Labute approximate surface area is 96.4 Å². The van der Waals surface area contributed by atoms with Crippen LogP contribution in [0.25, 0.3) is 0 Å². The van der Waals surface area contributed by atoms with Crippen molar-refractivity contribution in [2.45, 2.75) is 25.6 Å². The highest BCUT2D eigenvalue weighted by Gasteiger charge is 2.24. The average Bonchev–Trinajstić information content (AvgIpc) is 2.59. The Morgan fingerprint density at radius 3 is 2.62 bits per heavy atom. The van der Waals surface area contributed by atoms with Gasteiger partial charge in [0, 0.05) is 0 Å². The van der Waals surface area contributed by atoms with Gasteiger partial charge in [0.2, 0.25) is 0 Å². The molecule has 1 rings (SSSR count). The van der Waals surface area contributed by atoms with Gasteiger partial charge in [0.1, 0.15) is 16.0 Å². The maximum Gasteiger partial charge on any atom is 0.347 e. The number of nitrogens with two attached hydrogens (primary N) is 1. The van der Waals surface area contributed by atoms with Gasteiger partial charge in [-0.15, -0.1) is 11.3 Å². The molecule has 0 spiro atoms. The number of aliphatic hydroxyl groups excluding tert-OH is 2. The van der Waals surface area contributed by atoms with Gasteiger partial charge in [0.15, 0.2) is 0 Å². The minimum Gasteiger partial charge on any atom is -0.477 e. The first-order valence-electron chi connectivity index (χ1n) is 4.74. The van der Waals surface area contributed by atoms with Crippen LogP contribution in [0.5, 0.6) is 0 Å². The van der Waals surface area contributed by atoms with E-state index in [1.54, 1.807) is 6.92 Å². The molecule has 0 amide bonds. The van der Waals surface area contributed by atoms with Crippen LogP contribution in [-0.4, -0.2) is 38.9 Å². The van der Waals surface area contributed by atoms with E-state index in [1.165, 1.54) is 0 Å². The molecule has 0 saturated carbocycles. The zero-order valence-electron chi connectivity index (χ0n) is 8.75. The number of hydrogen-bond donors (Lipinski definition) is 4. The average molecular weight is 246 g/mol. The van der Waals surface area contributed by atoms with Gasteiger partial charge in [-0.25, -0.2) is 9.78 Å². The Bertz CT molecular complexity index is 380. The molecule has 16 heavy (non-hydrogen) atoms. The fraction of sp³-hybridized carbons (Fsp3) is 0.556. The second kappa shape index (κ2) is 5.35. The number of carbonyl (C=O) groups is 1. The van der Waals surface area contributed by atoms with Crippen molar-refractivity contribution in [3.8, 4) is 0 Å². The maximum absolute atomic E-state index is 10.8. The highest BCUT2D eigenvalue weighted by atomic mass is 32.1. The highest BCUT2D eigenvalue weighted by molar-refractivity contribution is 7.13. The van der Waals surface area contributed by atoms with Gasteiger partial charge in [-0.2, -0.15) is 0 Å². The van der Waals surface area contributed by atoms with Crippen molar-refractivity contribution < 1.29 is 20.1 Å². The monoisotopic (exact) mass is 246 g/mol. The van der Waals surface area contributed by atoms with Crippen molar-refractivity contribution in [2.75, 3.05) is 6.54 Å². The number of carboxylic acids is 1. The van der Waals surface area contributed by atoms with Crippen molar-refractivity contribution in [1.29, 1.82) is 0 Å². The van der Waals surface area contributed by atoms with E-state index >= 15 is 0 Å². The normalized spacial score (nSPS) is 14.8. The number of nitrogens with zero attached hydrogens (tertiary/aromatic N) is 1. The van der Waals surface area contributed by atoms with Crippen molar-refractivity contribution in [2.24, 2.45) is 5.73 Å². The zero-order chi connectivity index (χ0) is 12.3. The molecule has 5 N–H and O–H groups in total. The van der Waals surface area contributed by atoms with Gasteiger partial charge in [-0.05, 0) is 19.9 Å². The molecule has 0 radical (unpaired) electrons. The lowest BCUT2D eigenvalue weighted by Gasteiger charge is -2.14. The number of aromatic carboxylic acids is 1. The Morgan fingerprint density at radius 2 is 2.19 bits per heavy atom. The van der Waals surface area contributed by atoms with Crippen LogP contribution in [0.4, 0.5) is 0 Å². The van der Waals surface area contributed by atoms with Crippen molar-refractivity contribution >= 4 is 17.3 Å². The minimum absolute atomic E-state index is 0.0778. The summed E-state index contributed by atoms with van der Waals surface area (Å²) in [5.41, 5.74) is 5.59. The maximum atomic E-state index is 10.8. The molecule has 7 heteroatoms. The first-order valence-corrected chi connectivity index (χ1v) is 5.55. The summed E-state index contributed by atoms with van der Waals surface area (Å²) in [5.74, 6) is -1.08. The third-order valence-corrected chi connectivity index (χ3v) is 3.30. The highest BCUT2D eigenvalue weighted by Crippen LogP contribution is 2.26. The summed E-state index contributed by atoms with van der Waals surface area (Å²) in [6.07, 6.45) is -1.96. The third-order valence-electron chi connectivity index (χ3n) is 2.09. The zero-order valence-corrected chi connectivity index (χ0v) is 9.57. The van der Waals surface area contributed by atoms with Crippen LogP contribution in [-0.2, 0) is 0 Å². The first-order chi connectivity index (χ1) is 7.47. The molecule has 0 aromatic carbocycles. The van der Waals surface area contributed by atoms with Gasteiger partial charge in [0.25, 0.3) is 0 Å². The van der Waals surface area contributed by atoms with Crippen LogP contribution in [0.3, 0.4) is 0 Å². The number of hydrogen-bond acceptors (Lipinski definition) is 6. The molecular formula is C9H14N2O4S. The molecule has 1 aromatic heterocycles. The van der Waals surface area contributed by atoms with Crippen LogP contribution in [0.1, 0.15) is 32.9 Å². The fourth-order valence-electron chi connectivity index (χ4n) is 1.24. The predicted molar refractivity (Wildman–Crippen MR) is 58.4 cm³/mol. The van der Waals surface area contributed by atoms with Crippen LogP contribution in [0, 0.1) is 6.92 Å². The summed E-state index contributed by atoms with van der Waals surface area (Å²) in [6, 6.07) is 0. The fourth-order valence-corrected chi connectivity index (χ4v) is 2.19.